The van der Waals surface area contributed by atoms with Crippen LogP contribution in [-0.4, -0.2) is 55.9 Å². The smallest absolute Gasteiger partial charge is 0.326 e. The molecule has 1 aromatic rings. The molecule has 2 atom stereocenters. The number of aliphatic hydroxyl groups is 1. The summed E-state index contributed by atoms with van der Waals surface area (Å²) in [5.41, 5.74) is -0.113. The zero-order chi connectivity index (χ0) is 14.2. The van der Waals surface area contributed by atoms with E-state index in [0.29, 0.717) is 0 Å². The monoisotopic (exact) mass is 267 g/mol. The normalized spacial score (nSPS) is 22.5. The molecule has 0 aromatic heterocycles. The summed E-state index contributed by atoms with van der Waals surface area (Å²) in [6.45, 7) is -0.101. The fourth-order valence-electron chi connectivity index (χ4n) is 2.13. The highest BCUT2D eigenvalue weighted by Crippen LogP contribution is 2.27. The fraction of sp³-hybridized carbons (Fsp3) is 0.333. The molecule has 4 N–H and O–H groups in total. The van der Waals surface area contributed by atoms with Crippen molar-refractivity contribution in [2.75, 3.05) is 6.54 Å². The van der Waals surface area contributed by atoms with Gasteiger partial charge < -0.3 is 25.3 Å². The molecule has 0 spiro atoms. The van der Waals surface area contributed by atoms with Gasteiger partial charge in [-0.2, -0.15) is 0 Å². The second kappa shape index (κ2) is 4.77. The molecule has 2 rings (SSSR count). The number of hydrogen-bond acceptors (Lipinski definition) is 5. The Morgan fingerprint density at radius 2 is 1.95 bits per heavy atom. The van der Waals surface area contributed by atoms with E-state index < -0.39 is 29.8 Å². The lowest BCUT2D eigenvalue weighted by Crippen LogP contribution is -2.40. The first-order chi connectivity index (χ1) is 8.90. The lowest BCUT2D eigenvalue weighted by Gasteiger charge is -2.21. The Balaban J connectivity index is 2.30. The summed E-state index contributed by atoms with van der Waals surface area (Å²) in [7, 11) is 0. The number of phenolic OH excluding ortho intramolecular Hbond substituents is 2. The molecule has 7 nitrogen and oxygen atoms in total. The van der Waals surface area contributed by atoms with Gasteiger partial charge in [0.2, 0.25) is 0 Å². The summed E-state index contributed by atoms with van der Waals surface area (Å²) in [5.74, 6) is -2.54. The number of hydrogen-bond donors (Lipinski definition) is 4. The van der Waals surface area contributed by atoms with E-state index >= 15 is 0 Å². The quantitative estimate of drug-likeness (QED) is 0.587. The number of carboxylic acid groups (broad SMARTS) is 1. The van der Waals surface area contributed by atoms with Gasteiger partial charge in [0.1, 0.15) is 17.5 Å². The first-order valence-electron chi connectivity index (χ1n) is 5.64. The van der Waals surface area contributed by atoms with Gasteiger partial charge in [0, 0.05) is 19.0 Å². The molecule has 1 fully saturated rings. The number of carbonyl (C=O) groups is 2. The van der Waals surface area contributed by atoms with Gasteiger partial charge in [-0.15, -0.1) is 0 Å². The Morgan fingerprint density at radius 1 is 1.26 bits per heavy atom. The molecule has 0 bridgehead atoms. The number of likely N-dealkylation sites (tertiary alicyclic amines) is 1. The molecule has 0 radical (unpaired) electrons. The minimum atomic E-state index is -1.21. The Morgan fingerprint density at radius 3 is 2.53 bits per heavy atom. The van der Waals surface area contributed by atoms with Crippen molar-refractivity contribution in [3.63, 3.8) is 0 Å². The molecule has 1 saturated heterocycles. The van der Waals surface area contributed by atoms with E-state index in [2.05, 4.69) is 0 Å². The fourth-order valence-corrected chi connectivity index (χ4v) is 2.13. The highest BCUT2D eigenvalue weighted by atomic mass is 16.4. The van der Waals surface area contributed by atoms with Crippen LogP contribution in [0, 0.1) is 0 Å². The van der Waals surface area contributed by atoms with Crippen molar-refractivity contribution in [3.8, 4) is 11.5 Å². The molecular formula is C12H13NO6. The first-order valence-corrected chi connectivity index (χ1v) is 5.64. The number of carbonyl (C=O) groups excluding carboxylic acids is 1. The van der Waals surface area contributed by atoms with Crippen LogP contribution in [-0.2, 0) is 4.79 Å². The molecular weight excluding hydrogens is 254 g/mol. The average molecular weight is 267 g/mol. The zero-order valence-electron chi connectivity index (χ0n) is 9.85. The summed E-state index contributed by atoms with van der Waals surface area (Å²) in [5, 5.41) is 37.2. The summed E-state index contributed by atoms with van der Waals surface area (Å²) in [6, 6.07) is 2.30. The van der Waals surface area contributed by atoms with Gasteiger partial charge in [0.15, 0.2) is 0 Å². The molecule has 1 aliphatic heterocycles. The highest BCUT2D eigenvalue weighted by Gasteiger charge is 2.39. The molecule has 1 heterocycles. The van der Waals surface area contributed by atoms with Gasteiger partial charge in [0.25, 0.3) is 5.91 Å². The number of aliphatic carboxylic acids is 1. The second-order valence-electron chi connectivity index (χ2n) is 4.40. The van der Waals surface area contributed by atoms with Crippen molar-refractivity contribution >= 4 is 11.9 Å². The lowest BCUT2D eigenvalue weighted by atomic mass is 10.1. The maximum atomic E-state index is 12.1. The third kappa shape index (κ3) is 2.45. The summed E-state index contributed by atoms with van der Waals surface area (Å²) in [4.78, 5) is 24.2. The largest absolute Gasteiger partial charge is 0.508 e. The number of aromatic hydroxyl groups is 2. The van der Waals surface area contributed by atoms with Crippen molar-refractivity contribution in [1.82, 2.24) is 4.90 Å². The van der Waals surface area contributed by atoms with Crippen LogP contribution in [0.3, 0.4) is 0 Å². The van der Waals surface area contributed by atoms with E-state index in [-0.39, 0.29) is 24.3 Å². The molecule has 19 heavy (non-hydrogen) atoms. The van der Waals surface area contributed by atoms with E-state index in [1.165, 1.54) is 12.1 Å². The van der Waals surface area contributed by atoms with Crippen molar-refractivity contribution in [3.05, 3.63) is 23.8 Å². The van der Waals surface area contributed by atoms with Crippen LogP contribution >= 0.6 is 0 Å². The molecule has 0 saturated carbocycles. The Bertz CT molecular complexity index is 529. The maximum Gasteiger partial charge on any atom is 0.326 e. The van der Waals surface area contributed by atoms with Crippen molar-refractivity contribution in [2.45, 2.75) is 18.6 Å². The Kier molecular flexibility index (Phi) is 3.30. The van der Waals surface area contributed by atoms with E-state index in [4.69, 9.17) is 10.2 Å². The van der Waals surface area contributed by atoms with Crippen LogP contribution in [0.25, 0.3) is 0 Å². The molecule has 1 amide bonds. The molecule has 7 heteroatoms. The van der Waals surface area contributed by atoms with Crippen LogP contribution in [0.4, 0.5) is 0 Å². The minimum Gasteiger partial charge on any atom is -0.508 e. The van der Waals surface area contributed by atoms with Gasteiger partial charge in [-0.25, -0.2) is 4.79 Å². The van der Waals surface area contributed by atoms with E-state index in [9.17, 15) is 19.8 Å². The summed E-state index contributed by atoms with van der Waals surface area (Å²) < 4.78 is 0. The number of rotatable bonds is 2. The highest BCUT2D eigenvalue weighted by molar-refractivity contribution is 5.99. The number of amides is 1. The van der Waals surface area contributed by atoms with Gasteiger partial charge in [0.05, 0.1) is 11.7 Å². The maximum absolute atomic E-state index is 12.1. The molecule has 102 valence electrons. The van der Waals surface area contributed by atoms with E-state index in [0.717, 1.165) is 11.0 Å². The second-order valence-corrected chi connectivity index (χ2v) is 4.40. The number of benzene rings is 1. The van der Waals surface area contributed by atoms with Gasteiger partial charge in [-0.05, 0) is 12.1 Å². The predicted molar refractivity (Wildman–Crippen MR) is 62.9 cm³/mol. The SMILES string of the molecule is O=C(O)[C@@H]1C[C@@H](O)CN1C(=O)c1ccc(O)cc1O. The van der Waals surface area contributed by atoms with Crippen LogP contribution < -0.4 is 0 Å². The summed E-state index contributed by atoms with van der Waals surface area (Å²) in [6.07, 6.45) is -0.941. The number of β-amino-alcohol motifs (C(OH)–C–C–N with tert-alkyl or cyclic N) is 1. The molecule has 0 aliphatic carbocycles. The first kappa shape index (κ1) is 13.2. The molecule has 1 aromatic carbocycles. The number of nitrogens with zero attached hydrogens (tertiary/aromatic N) is 1. The van der Waals surface area contributed by atoms with Crippen molar-refractivity contribution < 1.29 is 30.0 Å². The van der Waals surface area contributed by atoms with Crippen molar-refractivity contribution in [1.29, 1.82) is 0 Å². The zero-order valence-corrected chi connectivity index (χ0v) is 9.85. The van der Waals surface area contributed by atoms with Gasteiger partial charge in [-0.1, -0.05) is 0 Å². The standard InChI is InChI=1S/C12H13NO6/c14-6-1-2-8(10(16)4-6)11(17)13-5-7(15)3-9(13)12(18)19/h1-2,4,7,9,14-16H,3,5H2,(H,18,19)/t7-,9+/m1/s1. The average Bonchev–Trinajstić information content (AvgIpc) is 2.70. The molecule has 1 aliphatic rings. The number of carboxylic acids is 1. The van der Waals surface area contributed by atoms with Gasteiger partial charge >= 0.3 is 5.97 Å². The van der Waals surface area contributed by atoms with Gasteiger partial charge in [-0.3, -0.25) is 4.79 Å². The Hall–Kier alpha value is -2.28. The van der Waals surface area contributed by atoms with E-state index in [1.807, 2.05) is 0 Å². The third-order valence-electron chi connectivity index (χ3n) is 3.04. The minimum absolute atomic E-state index is 0.0417. The third-order valence-corrected chi connectivity index (χ3v) is 3.04. The van der Waals surface area contributed by atoms with Crippen LogP contribution in [0.5, 0.6) is 11.5 Å². The molecule has 0 unspecified atom stereocenters. The van der Waals surface area contributed by atoms with Crippen LogP contribution in [0.1, 0.15) is 16.8 Å². The summed E-state index contributed by atoms with van der Waals surface area (Å²) >= 11 is 0. The number of aliphatic hydroxyl groups excluding tert-OH is 1. The lowest BCUT2D eigenvalue weighted by molar-refractivity contribution is -0.141. The topological polar surface area (TPSA) is 118 Å². The van der Waals surface area contributed by atoms with Crippen LogP contribution in [0.15, 0.2) is 18.2 Å². The predicted octanol–water partition coefficient (Wildman–Crippen LogP) is -0.242. The van der Waals surface area contributed by atoms with E-state index in [1.54, 1.807) is 0 Å². The Labute approximate surface area is 108 Å². The van der Waals surface area contributed by atoms with Crippen molar-refractivity contribution in [2.24, 2.45) is 0 Å². The number of phenols is 2. The van der Waals surface area contributed by atoms with Crippen LogP contribution in [0.2, 0.25) is 0 Å².